The number of esters is 1. The fraction of sp³-hybridized carbons (Fsp3) is 0.278. The number of amides is 1. The summed E-state index contributed by atoms with van der Waals surface area (Å²) in [6.07, 6.45) is 3.56. The Morgan fingerprint density at radius 2 is 2.04 bits per heavy atom. The number of aromatic nitrogens is 3. The number of nitrogens with one attached hydrogen (secondary N) is 1. The van der Waals surface area contributed by atoms with E-state index in [0.717, 1.165) is 22.0 Å². The molecule has 0 atom stereocenters. The molecule has 0 radical (unpaired) electrons. The molecule has 0 saturated heterocycles. The normalized spacial score (nSPS) is 10.8. The first-order chi connectivity index (χ1) is 12.0. The van der Waals surface area contributed by atoms with Gasteiger partial charge in [-0.05, 0) is 30.7 Å². The van der Waals surface area contributed by atoms with Crippen LogP contribution in [0.25, 0.3) is 22.0 Å². The Balaban J connectivity index is 1.85. The fourth-order valence-electron chi connectivity index (χ4n) is 2.51. The van der Waals surface area contributed by atoms with Gasteiger partial charge in [-0.15, -0.1) is 0 Å². The monoisotopic (exact) mass is 340 g/mol. The van der Waals surface area contributed by atoms with Gasteiger partial charge in [-0.1, -0.05) is 6.07 Å². The molecule has 0 aliphatic rings. The van der Waals surface area contributed by atoms with Gasteiger partial charge in [0.05, 0.1) is 12.8 Å². The van der Waals surface area contributed by atoms with Crippen LogP contribution in [0.15, 0.2) is 36.7 Å². The molecule has 0 aliphatic heterocycles. The van der Waals surface area contributed by atoms with Crippen molar-refractivity contribution in [2.45, 2.75) is 13.5 Å². The van der Waals surface area contributed by atoms with Gasteiger partial charge in [0.15, 0.2) is 0 Å². The maximum absolute atomic E-state index is 11.8. The third-order valence-corrected chi connectivity index (χ3v) is 3.88. The van der Waals surface area contributed by atoms with Crippen molar-refractivity contribution in [2.75, 3.05) is 20.7 Å². The van der Waals surface area contributed by atoms with Gasteiger partial charge in [-0.2, -0.15) is 5.10 Å². The zero-order valence-electron chi connectivity index (χ0n) is 14.4. The highest BCUT2D eigenvalue weighted by atomic mass is 16.5. The van der Waals surface area contributed by atoms with Gasteiger partial charge in [0.2, 0.25) is 5.91 Å². The molecule has 1 aromatic carbocycles. The van der Waals surface area contributed by atoms with E-state index in [-0.39, 0.29) is 18.4 Å². The molecule has 25 heavy (non-hydrogen) atoms. The topological polar surface area (TPSA) is 80.2 Å². The molecule has 0 fully saturated rings. The number of nitrogens with zero attached hydrogens (tertiary/aromatic N) is 3. The average molecular weight is 340 g/mol. The van der Waals surface area contributed by atoms with E-state index in [1.54, 1.807) is 38.0 Å². The summed E-state index contributed by atoms with van der Waals surface area (Å²) in [5.74, 6) is -0.384. The number of carbonyl (C=O) groups is 2. The molecule has 3 rings (SSSR count). The summed E-state index contributed by atoms with van der Waals surface area (Å²) in [5.41, 5.74) is 3.17. The van der Waals surface area contributed by atoms with Crippen molar-refractivity contribution in [3.63, 3.8) is 0 Å². The lowest BCUT2D eigenvalue weighted by Gasteiger charge is -2.09. The smallest absolute Gasteiger partial charge is 0.354 e. The number of fused-ring (bicyclic) bond motifs is 1. The molecule has 0 unspecified atom stereocenters. The van der Waals surface area contributed by atoms with Gasteiger partial charge in [0.1, 0.15) is 12.2 Å². The van der Waals surface area contributed by atoms with Crippen LogP contribution in [0.4, 0.5) is 0 Å². The third kappa shape index (κ3) is 3.55. The van der Waals surface area contributed by atoms with Gasteiger partial charge in [0, 0.05) is 36.8 Å². The third-order valence-electron chi connectivity index (χ3n) is 3.88. The van der Waals surface area contributed by atoms with Gasteiger partial charge < -0.3 is 14.6 Å². The van der Waals surface area contributed by atoms with Gasteiger partial charge in [-0.25, -0.2) is 4.79 Å². The second kappa shape index (κ2) is 6.80. The van der Waals surface area contributed by atoms with E-state index in [0.29, 0.717) is 12.3 Å². The second-order valence-corrected chi connectivity index (χ2v) is 5.92. The van der Waals surface area contributed by atoms with E-state index in [1.165, 1.54) is 4.90 Å². The number of rotatable bonds is 5. The average Bonchev–Trinajstić information content (AvgIpc) is 3.20. The molecule has 0 aliphatic carbocycles. The van der Waals surface area contributed by atoms with Crippen LogP contribution in [0.3, 0.4) is 0 Å². The number of ether oxygens (including phenoxy) is 1. The molecule has 130 valence electrons. The Bertz CT molecular complexity index is 923. The van der Waals surface area contributed by atoms with Gasteiger partial charge >= 0.3 is 5.97 Å². The summed E-state index contributed by atoms with van der Waals surface area (Å²) in [5, 5.41) is 5.15. The van der Waals surface area contributed by atoms with Crippen LogP contribution in [-0.2, 0) is 16.1 Å². The molecule has 7 nitrogen and oxygen atoms in total. The number of hydrogen-bond acceptors (Lipinski definition) is 4. The quantitative estimate of drug-likeness (QED) is 0.723. The molecule has 0 saturated carbocycles. The Labute approximate surface area is 145 Å². The lowest BCUT2D eigenvalue weighted by molar-refractivity contribution is -0.129. The van der Waals surface area contributed by atoms with Crippen LogP contribution in [0, 0.1) is 0 Å². The summed E-state index contributed by atoms with van der Waals surface area (Å²) in [6, 6.07) is 7.61. The highest BCUT2D eigenvalue weighted by molar-refractivity contribution is 5.96. The highest BCUT2D eigenvalue weighted by Gasteiger charge is 2.12. The largest absolute Gasteiger partial charge is 0.461 e. The molecule has 3 aromatic rings. The molecule has 0 bridgehead atoms. The molecule has 7 heteroatoms. The first kappa shape index (κ1) is 16.8. The van der Waals surface area contributed by atoms with E-state index in [2.05, 4.69) is 10.1 Å². The van der Waals surface area contributed by atoms with Crippen molar-refractivity contribution in [2.24, 2.45) is 0 Å². The number of benzene rings is 1. The van der Waals surface area contributed by atoms with Crippen molar-refractivity contribution < 1.29 is 14.3 Å². The molecule has 1 N–H and O–H groups in total. The Hall–Kier alpha value is -3.09. The van der Waals surface area contributed by atoms with E-state index in [1.807, 2.05) is 24.4 Å². The minimum atomic E-state index is -0.365. The summed E-state index contributed by atoms with van der Waals surface area (Å²) < 4.78 is 6.63. The molecular formula is C18H20N4O3. The number of hydrogen-bond donors (Lipinski definition) is 1. The van der Waals surface area contributed by atoms with Crippen molar-refractivity contribution in [1.29, 1.82) is 0 Å². The van der Waals surface area contributed by atoms with Crippen molar-refractivity contribution in [3.05, 3.63) is 42.4 Å². The van der Waals surface area contributed by atoms with Crippen LogP contribution in [0.1, 0.15) is 17.4 Å². The van der Waals surface area contributed by atoms with Crippen LogP contribution < -0.4 is 0 Å². The van der Waals surface area contributed by atoms with E-state index < -0.39 is 0 Å². The summed E-state index contributed by atoms with van der Waals surface area (Å²) >= 11 is 0. The van der Waals surface area contributed by atoms with Crippen LogP contribution >= 0.6 is 0 Å². The first-order valence-corrected chi connectivity index (χ1v) is 8.01. The minimum Gasteiger partial charge on any atom is -0.461 e. The summed E-state index contributed by atoms with van der Waals surface area (Å²) in [7, 11) is 3.43. The molecule has 1 amide bonds. The van der Waals surface area contributed by atoms with Gasteiger partial charge in [0.25, 0.3) is 0 Å². The predicted octanol–water partition coefficient (Wildman–Crippen LogP) is 2.30. The minimum absolute atomic E-state index is 0.0187. The first-order valence-electron chi connectivity index (χ1n) is 8.01. The fourth-order valence-corrected chi connectivity index (χ4v) is 2.51. The Morgan fingerprint density at radius 1 is 1.24 bits per heavy atom. The zero-order chi connectivity index (χ0) is 18.0. The van der Waals surface area contributed by atoms with Crippen LogP contribution in [0.2, 0.25) is 0 Å². The lowest BCUT2D eigenvalue weighted by Crippen LogP contribution is -2.26. The standard InChI is InChI=1S/C18H20N4O3/c1-4-25-18(24)16-8-13-7-12(5-6-15(13)20-16)14-9-19-22(10-14)11-17(23)21(2)3/h5-10,20H,4,11H2,1-3H3. The Morgan fingerprint density at radius 3 is 2.76 bits per heavy atom. The Kier molecular flexibility index (Phi) is 4.56. The zero-order valence-corrected chi connectivity index (χ0v) is 14.4. The maximum atomic E-state index is 11.8. The van der Waals surface area contributed by atoms with E-state index >= 15 is 0 Å². The van der Waals surface area contributed by atoms with E-state index in [4.69, 9.17) is 4.74 Å². The van der Waals surface area contributed by atoms with Crippen LogP contribution in [0.5, 0.6) is 0 Å². The van der Waals surface area contributed by atoms with Crippen LogP contribution in [-0.4, -0.2) is 52.2 Å². The predicted molar refractivity (Wildman–Crippen MR) is 94.2 cm³/mol. The molecular weight excluding hydrogens is 320 g/mol. The maximum Gasteiger partial charge on any atom is 0.354 e. The van der Waals surface area contributed by atoms with E-state index in [9.17, 15) is 9.59 Å². The summed E-state index contributed by atoms with van der Waals surface area (Å²) in [6.45, 7) is 2.31. The van der Waals surface area contributed by atoms with Crippen molar-refractivity contribution in [3.8, 4) is 11.1 Å². The summed E-state index contributed by atoms with van der Waals surface area (Å²) in [4.78, 5) is 28.2. The highest BCUT2D eigenvalue weighted by Crippen LogP contribution is 2.25. The number of carbonyl (C=O) groups excluding carboxylic acids is 2. The second-order valence-electron chi connectivity index (χ2n) is 5.92. The number of likely N-dealkylation sites (N-methyl/N-ethyl adjacent to an activating group) is 1. The molecule has 2 aromatic heterocycles. The van der Waals surface area contributed by atoms with Crippen molar-refractivity contribution >= 4 is 22.8 Å². The number of H-pyrrole nitrogens is 1. The SMILES string of the molecule is CCOC(=O)c1cc2cc(-c3cnn(CC(=O)N(C)C)c3)ccc2[nH]1. The van der Waals surface area contributed by atoms with Gasteiger partial charge in [-0.3, -0.25) is 9.48 Å². The number of aromatic amines is 1. The molecule has 2 heterocycles. The van der Waals surface area contributed by atoms with Crippen molar-refractivity contribution in [1.82, 2.24) is 19.7 Å². The lowest BCUT2D eigenvalue weighted by atomic mass is 10.1. The molecule has 0 spiro atoms.